The van der Waals surface area contributed by atoms with E-state index in [1.54, 1.807) is 7.11 Å². The third kappa shape index (κ3) is 3.15. The van der Waals surface area contributed by atoms with Crippen molar-refractivity contribution in [3.05, 3.63) is 23.8 Å². The maximum atomic E-state index is 10.4. The topological polar surface area (TPSA) is 58.6 Å². The molecule has 0 saturated carbocycles. The number of rotatable bonds is 5. The van der Waals surface area contributed by atoms with Crippen LogP contribution in [0.5, 0.6) is 5.75 Å². The molecule has 0 saturated heterocycles. The SMILES string of the molecule is COc1ccc(NCC(=O)O)cc1C(C)C. The molecule has 0 bridgehead atoms. The number of hydrogen-bond donors (Lipinski definition) is 2. The maximum Gasteiger partial charge on any atom is 0.322 e. The Morgan fingerprint density at radius 1 is 1.50 bits per heavy atom. The summed E-state index contributed by atoms with van der Waals surface area (Å²) in [5.41, 5.74) is 1.87. The minimum absolute atomic E-state index is 0.0795. The number of carboxylic acid groups (broad SMARTS) is 1. The second-order valence-corrected chi connectivity index (χ2v) is 3.86. The highest BCUT2D eigenvalue weighted by atomic mass is 16.5. The Bertz CT molecular complexity index is 375. The standard InChI is InChI=1S/C12H17NO3/c1-8(2)10-6-9(13-7-12(14)15)4-5-11(10)16-3/h4-6,8,13H,7H2,1-3H3,(H,14,15). The van der Waals surface area contributed by atoms with Gasteiger partial charge in [0.25, 0.3) is 0 Å². The minimum atomic E-state index is -0.873. The number of ether oxygens (including phenoxy) is 1. The van der Waals surface area contributed by atoms with E-state index < -0.39 is 5.97 Å². The van der Waals surface area contributed by atoms with Gasteiger partial charge in [-0.3, -0.25) is 4.79 Å². The first-order valence-corrected chi connectivity index (χ1v) is 5.18. The summed E-state index contributed by atoms with van der Waals surface area (Å²) in [5.74, 6) is 0.291. The van der Waals surface area contributed by atoms with Gasteiger partial charge in [0.2, 0.25) is 0 Å². The largest absolute Gasteiger partial charge is 0.496 e. The van der Waals surface area contributed by atoms with Crippen molar-refractivity contribution < 1.29 is 14.6 Å². The lowest BCUT2D eigenvalue weighted by Gasteiger charge is -2.13. The molecule has 0 aliphatic rings. The summed E-state index contributed by atoms with van der Waals surface area (Å²) in [6.07, 6.45) is 0. The monoisotopic (exact) mass is 223 g/mol. The molecule has 16 heavy (non-hydrogen) atoms. The molecule has 0 amide bonds. The van der Waals surface area contributed by atoms with Gasteiger partial charge in [-0.1, -0.05) is 13.8 Å². The van der Waals surface area contributed by atoms with E-state index >= 15 is 0 Å². The number of benzene rings is 1. The van der Waals surface area contributed by atoms with Crippen LogP contribution in [0.25, 0.3) is 0 Å². The highest BCUT2D eigenvalue weighted by Crippen LogP contribution is 2.28. The van der Waals surface area contributed by atoms with Crippen molar-refractivity contribution in [3.63, 3.8) is 0 Å². The predicted octanol–water partition coefficient (Wildman–Crippen LogP) is 2.32. The van der Waals surface area contributed by atoms with Gasteiger partial charge in [0.05, 0.1) is 7.11 Å². The number of nitrogens with one attached hydrogen (secondary N) is 1. The van der Waals surface area contributed by atoms with Crippen molar-refractivity contribution in [2.24, 2.45) is 0 Å². The van der Waals surface area contributed by atoms with Gasteiger partial charge in [0.15, 0.2) is 0 Å². The number of methoxy groups -OCH3 is 1. The number of anilines is 1. The molecule has 0 radical (unpaired) electrons. The number of hydrogen-bond acceptors (Lipinski definition) is 3. The molecule has 1 aromatic carbocycles. The molecule has 1 aromatic rings. The van der Waals surface area contributed by atoms with Crippen molar-refractivity contribution in [2.45, 2.75) is 19.8 Å². The van der Waals surface area contributed by atoms with Gasteiger partial charge in [-0.05, 0) is 29.7 Å². The molecule has 88 valence electrons. The van der Waals surface area contributed by atoms with Gasteiger partial charge < -0.3 is 15.2 Å². The van der Waals surface area contributed by atoms with E-state index in [4.69, 9.17) is 9.84 Å². The van der Waals surface area contributed by atoms with E-state index in [0.29, 0.717) is 5.92 Å². The summed E-state index contributed by atoms with van der Waals surface area (Å²) in [6, 6.07) is 5.58. The molecule has 2 N–H and O–H groups in total. The fourth-order valence-electron chi connectivity index (χ4n) is 1.47. The Hall–Kier alpha value is -1.71. The third-order valence-electron chi connectivity index (χ3n) is 2.30. The second kappa shape index (κ2) is 5.39. The molecule has 0 atom stereocenters. The summed E-state index contributed by atoms with van der Waals surface area (Å²) in [4.78, 5) is 10.4. The molecule has 0 aliphatic carbocycles. The van der Waals surface area contributed by atoms with Crippen LogP contribution in [0.3, 0.4) is 0 Å². The molecule has 0 aromatic heterocycles. The van der Waals surface area contributed by atoms with Crippen molar-refractivity contribution in [2.75, 3.05) is 19.0 Å². The summed E-state index contributed by atoms with van der Waals surface area (Å²) in [7, 11) is 1.63. The lowest BCUT2D eigenvalue weighted by molar-refractivity contribution is -0.134. The van der Waals surface area contributed by atoms with Gasteiger partial charge in [0.1, 0.15) is 12.3 Å². The lowest BCUT2D eigenvalue weighted by Crippen LogP contribution is -2.12. The Morgan fingerprint density at radius 3 is 2.69 bits per heavy atom. The van der Waals surface area contributed by atoms with E-state index in [0.717, 1.165) is 17.0 Å². The van der Waals surface area contributed by atoms with Gasteiger partial charge in [-0.15, -0.1) is 0 Å². The number of carboxylic acids is 1. The zero-order chi connectivity index (χ0) is 12.1. The summed E-state index contributed by atoms with van der Waals surface area (Å²) in [6.45, 7) is 4.06. The zero-order valence-corrected chi connectivity index (χ0v) is 9.78. The first-order valence-electron chi connectivity index (χ1n) is 5.18. The minimum Gasteiger partial charge on any atom is -0.496 e. The lowest BCUT2D eigenvalue weighted by atomic mass is 10.0. The van der Waals surface area contributed by atoms with Gasteiger partial charge >= 0.3 is 5.97 Å². The fraction of sp³-hybridized carbons (Fsp3) is 0.417. The van der Waals surface area contributed by atoms with Gasteiger partial charge in [-0.25, -0.2) is 0 Å². The third-order valence-corrected chi connectivity index (χ3v) is 2.30. The molecular weight excluding hydrogens is 206 g/mol. The summed E-state index contributed by atoms with van der Waals surface area (Å²) < 4.78 is 5.24. The molecule has 0 heterocycles. The smallest absolute Gasteiger partial charge is 0.322 e. The zero-order valence-electron chi connectivity index (χ0n) is 9.78. The highest BCUT2D eigenvalue weighted by Gasteiger charge is 2.08. The van der Waals surface area contributed by atoms with Crippen LogP contribution < -0.4 is 10.1 Å². The maximum absolute atomic E-state index is 10.4. The van der Waals surface area contributed by atoms with E-state index in [-0.39, 0.29) is 6.54 Å². The van der Waals surface area contributed by atoms with E-state index in [9.17, 15) is 4.79 Å². The van der Waals surface area contributed by atoms with Crippen molar-refractivity contribution in [1.29, 1.82) is 0 Å². The van der Waals surface area contributed by atoms with E-state index in [1.165, 1.54) is 0 Å². The molecular formula is C12H17NO3. The molecule has 0 aliphatic heterocycles. The van der Waals surface area contributed by atoms with Crippen LogP contribution in [0.1, 0.15) is 25.3 Å². The summed E-state index contributed by atoms with van der Waals surface area (Å²) >= 11 is 0. The van der Waals surface area contributed by atoms with E-state index in [1.807, 2.05) is 18.2 Å². The van der Waals surface area contributed by atoms with Crippen LogP contribution in [0.15, 0.2) is 18.2 Å². The first kappa shape index (κ1) is 12.4. The average Bonchev–Trinajstić information content (AvgIpc) is 2.25. The first-order chi connectivity index (χ1) is 7.54. The Labute approximate surface area is 95.2 Å². The Morgan fingerprint density at radius 2 is 2.19 bits per heavy atom. The average molecular weight is 223 g/mol. The van der Waals surface area contributed by atoms with E-state index in [2.05, 4.69) is 19.2 Å². The number of carbonyl (C=O) groups is 1. The number of aliphatic carboxylic acids is 1. The Balaban J connectivity index is 2.89. The van der Waals surface area contributed by atoms with Gasteiger partial charge in [0, 0.05) is 5.69 Å². The normalized spacial score (nSPS) is 10.2. The van der Waals surface area contributed by atoms with Crippen LogP contribution in [-0.4, -0.2) is 24.7 Å². The van der Waals surface area contributed by atoms with Crippen LogP contribution in [0.4, 0.5) is 5.69 Å². The molecule has 1 rings (SSSR count). The second-order valence-electron chi connectivity index (χ2n) is 3.86. The summed E-state index contributed by atoms with van der Waals surface area (Å²) in [5, 5.41) is 11.4. The predicted molar refractivity (Wildman–Crippen MR) is 63.2 cm³/mol. The van der Waals surface area contributed by atoms with Crippen LogP contribution in [0, 0.1) is 0 Å². The fourth-order valence-corrected chi connectivity index (χ4v) is 1.47. The highest BCUT2D eigenvalue weighted by molar-refractivity contribution is 5.73. The quantitative estimate of drug-likeness (QED) is 0.804. The molecule has 0 fully saturated rings. The van der Waals surface area contributed by atoms with Crippen molar-refractivity contribution in [1.82, 2.24) is 0 Å². The Kier molecular flexibility index (Phi) is 4.17. The van der Waals surface area contributed by atoms with Crippen LogP contribution in [0.2, 0.25) is 0 Å². The molecule has 4 nitrogen and oxygen atoms in total. The molecule has 4 heteroatoms. The van der Waals surface area contributed by atoms with Crippen LogP contribution in [-0.2, 0) is 4.79 Å². The van der Waals surface area contributed by atoms with Crippen molar-refractivity contribution >= 4 is 11.7 Å². The van der Waals surface area contributed by atoms with Gasteiger partial charge in [-0.2, -0.15) is 0 Å². The molecule has 0 spiro atoms. The van der Waals surface area contributed by atoms with Crippen molar-refractivity contribution in [3.8, 4) is 5.75 Å². The molecule has 0 unspecified atom stereocenters. The van der Waals surface area contributed by atoms with Crippen LogP contribution >= 0.6 is 0 Å².